The molecule has 1 aliphatic rings. The third-order valence-electron chi connectivity index (χ3n) is 3.04. The smallest absolute Gasteiger partial charge is 0.154 e. The van der Waals surface area contributed by atoms with Gasteiger partial charge in [-0.2, -0.15) is 0 Å². The van der Waals surface area contributed by atoms with Gasteiger partial charge in [0, 0.05) is 19.3 Å². The first-order valence-electron chi connectivity index (χ1n) is 5.74. The summed E-state index contributed by atoms with van der Waals surface area (Å²) in [4.78, 5) is 10.9. The van der Waals surface area contributed by atoms with Gasteiger partial charge in [0.25, 0.3) is 0 Å². The van der Waals surface area contributed by atoms with Crippen molar-refractivity contribution in [1.29, 1.82) is 0 Å². The van der Waals surface area contributed by atoms with Crippen LogP contribution < -0.4 is 10.2 Å². The number of aromatic nitrogens is 2. The van der Waals surface area contributed by atoms with Crippen LogP contribution in [0, 0.1) is 0 Å². The summed E-state index contributed by atoms with van der Waals surface area (Å²) in [5, 5.41) is 3.01. The Morgan fingerprint density at radius 3 is 3.00 bits per heavy atom. The Bertz CT molecular complexity index is 538. The normalized spacial score (nSPS) is 13.6. The van der Waals surface area contributed by atoms with Gasteiger partial charge in [-0.1, -0.05) is 18.2 Å². The molecule has 3 rings (SSSR count). The fraction of sp³-hybridized carbons (Fsp3) is 0.231. The third kappa shape index (κ3) is 1.71. The Morgan fingerprint density at radius 1 is 1.24 bits per heavy atom. The molecule has 2 aromatic rings. The van der Waals surface area contributed by atoms with E-state index in [4.69, 9.17) is 0 Å². The van der Waals surface area contributed by atoms with Crippen molar-refractivity contribution in [2.45, 2.75) is 6.42 Å². The molecule has 0 spiro atoms. The topological polar surface area (TPSA) is 41.1 Å². The Kier molecular flexibility index (Phi) is 2.40. The van der Waals surface area contributed by atoms with Crippen molar-refractivity contribution in [2.75, 3.05) is 23.8 Å². The molecule has 1 aromatic carbocycles. The SMILES string of the molecule is CNc1cncc(N2CCc3ccccc32)n1. The highest BCUT2D eigenvalue weighted by molar-refractivity contribution is 5.67. The number of rotatable bonds is 2. The number of anilines is 3. The number of hydrogen-bond donors (Lipinski definition) is 1. The minimum atomic E-state index is 0.798. The molecule has 0 saturated carbocycles. The molecule has 1 aliphatic heterocycles. The quantitative estimate of drug-likeness (QED) is 0.852. The third-order valence-corrected chi connectivity index (χ3v) is 3.04. The lowest BCUT2D eigenvalue weighted by Crippen LogP contribution is -2.15. The van der Waals surface area contributed by atoms with Crippen molar-refractivity contribution in [3.05, 3.63) is 42.2 Å². The molecular formula is C13H14N4. The van der Waals surface area contributed by atoms with Gasteiger partial charge in [-0.15, -0.1) is 0 Å². The van der Waals surface area contributed by atoms with Gasteiger partial charge >= 0.3 is 0 Å². The van der Waals surface area contributed by atoms with Crippen LogP contribution in [0.4, 0.5) is 17.3 Å². The average molecular weight is 226 g/mol. The lowest BCUT2D eigenvalue weighted by Gasteiger charge is -2.18. The van der Waals surface area contributed by atoms with Gasteiger partial charge in [0.1, 0.15) is 5.82 Å². The zero-order chi connectivity index (χ0) is 11.7. The van der Waals surface area contributed by atoms with Gasteiger partial charge in [-0.3, -0.25) is 4.98 Å². The van der Waals surface area contributed by atoms with Crippen LogP contribution >= 0.6 is 0 Å². The van der Waals surface area contributed by atoms with Gasteiger partial charge in [-0.05, 0) is 18.1 Å². The number of hydrogen-bond acceptors (Lipinski definition) is 4. The monoisotopic (exact) mass is 226 g/mol. The van der Waals surface area contributed by atoms with E-state index in [1.54, 1.807) is 6.20 Å². The summed E-state index contributed by atoms with van der Waals surface area (Å²) in [6, 6.07) is 8.45. The fourth-order valence-electron chi connectivity index (χ4n) is 2.18. The molecule has 4 nitrogen and oxygen atoms in total. The molecule has 0 amide bonds. The maximum atomic E-state index is 4.52. The second-order valence-electron chi connectivity index (χ2n) is 4.04. The number of fused-ring (bicyclic) bond motifs is 1. The van der Waals surface area contributed by atoms with Gasteiger partial charge in [0.15, 0.2) is 5.82 Å². The van der Waals surface area contributed by atoms with E-state index in [1.165, 1.54) is 11.3 Å². The summed E-state index contributed by atoms with van der Waals surface area (Å²) in [6.45, 7) is 0.973. The van der Waals surface area contributed by atoms with Crippen molar-refractivity contribution in [3.63, 3.8) is 0 Å². The molecule has 1 N–H and O–H groups in total. The first-order chi connectivity index (χ1) is 8.38. The number of para-hydroxylation sites is 1. The van der Waals surface area contributed by atoms with Crippen LogP contribution in [0.5, 0.6) is 0 Å². The minimum absolute atomic E-state index is 0.798. The molecule has 0 bridgehead atoms. The summed E-state index contributed by atoms with van der Waals surface area (Å²) in [5.74, 6) is 1.70. The van der Waals surface area contributed by atoms with Crippen LogP contribution in [0.25, 0.3) is 0 Å². The standard InChI is InChI=1S/C13H14N4/c1-14-12-8-15-9-13(16-12)17-7-6-10-4-2-3-5-11(10)17/h2-5,8-9H,6-7H2,1H3,(H,14,16). The lowest BCUT2D eigenvalue weighted by molar-refractivity contribution is 0.965. The summed E-state index contributed by atoms with van der Waals surface area (Å²) < 4.78 is 0. The first kappa shape index (κ1) is 10.1. The summed E-state index contributed by atoms with van der Waals surface area (Å²) in [6.07, 6.45) is 4.61. The first-order valence-corrected chi connectivity index (χ1v) is 5.74. The van der Waals surface area contributed by atoms with Crippen LogP contribution in [-0.4, -0.2) is 23.6 Å². The number of nitrogens with one attached hydrogen (secondary N) is 1. The molecule has 0 aliphatic carbocycles. The molecule has 2 heterocycles. The molecule has 1 aromatic heterocycles. The van der Waals surface area contributed by atoms with Crippen molar-refractivity contribution >= 4 is 17.3 Å². The summed E-state index contributed by atoms with van der Waals surface area (Å²) in [7, 11) is 1.85. The van der Waals surface area contributed by atoms with Crippen LogP contribution in [0.2, 0.25) is 0 Å². The molecule has 4 heteroatoms. The zero-order valence-electron chi connectivity index (χ0n) is 9.72. The van der Waals surface area contributed by atoms with Crippen molar-refractivity contribution in [3.8, 4) is 0 Å². The average Bonchev–Trinajstić information content (AvgIpc) is 2.82. The van der Waals surface area contributed by atoms with Gasteiger partial charge in [-0.25, -0.2) is 4.98 Å². The van der Waals surface area contributed by atoms with E-state index in [1.807, 2.05) is 13.2 Å². The second-order valence-corrected chi connectivity index (χ2v) is 4.04. The fourth-order valence-corrected chi connectivity index (χ4v) is 2.18. The van der Waals surface area contributed by atoms with E-state index in [0.717, 1.165) is 24.6 Å². The molecule has 86 valence electrons. The highest BCUT2D eigenvalue weighted by Gasteiger charge is 2.20. The van der Waals surface area contributed by atoms with Crippen LogP contribution in [0.3, 0.4) is 0 Å². The van der Waals surface area contributed by atoms with Gasteiger partial charge in [0.05, 0.1) is 12.4 Å². The van der Waals surface area contributed by atoms with Crippen molar-refractivity contribution in [1.82, 2.24) is 9.97 Å². The predicted octanol–water partition coefficient (Wildman–Crippen LogP) is 2.21. The maximum absolute atomic E-state index is 4.52. The highest BCUT2D eigenvalue weighted by atomic mass is 15.2. The lowest BCUT2D eigenvalue weighted by atomic mass is 10.2. The van der Waals surface area contributed by atoms with E-state index < -0.39 is 0 Å². The summed E-state index contributed by atoms with van der Waals surface area (Å²) in [5.41, 5.74) is 2.62. The van der Waals surface area contributed by atoms with Gasteiger partial charge in [0.2, 0.25) is 0 Å². The number of benzene rings is 1. The Morgan fingerprint density at radius 2 is 2.12 bits per heavy atom. The Balaban J connectivity index is 2.01. The van der Waals surface area contributed by atoms with E-state index in [2.05, 4.69) is 44.5 Å². The van der Waals surface area contributed by atoms with E-state index in [0.29, 0.717) is 0 Å². The van der Waals surface area contributed by atoms with Crippen LogP contribution in [0.1, 0.15) is 5.56 Å². The predicted molar refractivity (Wildman–Crippen MR) is 68.7 cm³/mol. The molecule has 0 fully saturated rings. The van der Waals surface area contributed by atoms with Crippen LogP contribution in [-0.2, 0) is 6.42 Å². The molecular weight excluding hydrogens is 212 g/mol. The highest BCUT2D eigenvalue weighted by Crippen LogP contribution is 2.32. The van der Waals surface area contributed by atoms with Gasteiger partial charge < -0.3 is 10.2 Å². The van der Waals surface area contributed by atoms with Crippen LogP contribution in [0.15, 0.2) is 36.7 Å². The number of nitrogens with zero attached hydrogens (tertiary/aromatic N) is 3. The Labute approximate surface area is 100 Å². The van der Waals surface area contributed by atoms with Crippen molar-refractivity contribution in [2.24, 2.45) is 0 Å². The summed E-state index contributed by atoms with van der Waals surface area (Å²) >= 11 is 0. The maximum Gasteiger partial charge on any atom is 0.154 e. The molecule has 0 atom stereocenters. The Hall–Kier alpha value is -2.10. The van der Waals surface area contributed by atoms with E-state index in [-0.39, 0.29) is 0 Å². The molecule has 0 saturated heterocycles. The zero-order valence-corrected chi connectivity index (χ0v) is 9.72. The molecule has 17 heavy (non-hydrogen) atoms. The minimum Gasteiger partial charge on any atom is -0.372 e. The largest absolute Gasteiger partial charge is 0.372 e. The second kappa shape index (κ2) is 4.05. The van der Waals surface area contributed by atoms with Crippen molar-refractivity contribution < 1.29 is 0 Å². The van der Waals surface area contributed by atoms with E-state index >= 15 is 0 Å². The molecule has 0 unspecified atom stereocenters. The molecule has 0 radical (unpaired) electrons. The van der Waals surface area contributed by atoms with E-state index in [9.17, 15) is 0 Å².